The smallest absolute Gasteiger partial charge is 0.255 e. The summed E-state index contributed by atoms with van der Waals surface area (Å²) < 4.78 is 0. The Kier molecular flexibility index (Phi) is 3.64. The molecule has 0 bridgehead atoms. The van der Waals surface area contributed by atoms with Crippen molar-refractivity contribution in [3.63, 3.8) is 0 Å². The van der Waals surface area contributed by atoms with Crippen LogP contribution in [0.5, 0.6) is 0 Å². The van der Waals surface area contributed by atoms with E-state index >= 15 is 0 Å². The molecule has 0 radical (unpaired) electrons. The van der Waals surface area contributed by atoms with Crippen LogP contribution in [0.3, 0.4) is 0 Å². The standard InChI is InChI=1S/C16H16N4O/c17-13-6-4-12(5-7-13)15-11-19-20(16(15)21)10-8-14-3-1-2-9-18-14/h1-7,9,11,15H,8,10,17H2/t15-/m0/s1. The molecule has 2 aromatic rings. The van der Waals surface area contributed by atoms with Crippen molar-refractivity contribution in [2.75, 3.05) is 12.3 Å². The van der Waals surface area contributed by atoms with Gasteiger partial charge in [-0.15, -0.1) is 0 Å². The molecule has 0 unspecified atom stereocenters. The fourth-order valence-corrected chi connectivity index (χ4v) is 2.29. The number of nitrogens with zero attached hydrogens (tertiary/aromatic N) is 3. The molecule has 106 valence electrons. The Bertz CT molecular complexity index is 652. The predicted molar refractivity (Wildman–Crippen MR) is 81.7 cm³/mol. The van der Waals surface area contributed by atoms with E-state index in [0.717, 1.165) is 11.3 Å². The summed E-state index contributed by atoms with van der Waals surface area (Å²) in [6, 6.07) is 13.1. The van der Waals surface area contributed by atoms with Gasteiger partial charge in [0, 0.05) is 30.2 Å². The highest BCUT2D eigenvalue weighted by atomic mass is 16.2. The maximum absolute atomic E-state index is 12.4. The first-order chi connectivity index (χ1) is 10.2. The van der Waals surface area contributed by atoms with Crippen molar-refractivity contribution >= 4 is 17.8 Å². The van der Waals surface area contributed by atoms with Gasteiger partial charge in [0.05, 0.1) is 6.54 Å². The van der Waals surface area contributed by atoms with Gasteiger partial charge in [-0.3, -0.25) is 9.78 Å². The van der Waals surface area contributed by atoms with Crippen LogP contribution in [0, 0.1) is 0 Å². The van der Waals surface area contributed by atoms with Crippen molar-refractivity contribution < 1.29 is 4.79 Å². The lowest BCUT2D eigenvalue weighted by Gasteiger charge is -2.14. The second-order valence-electron chi connectivity index (χ2n) is 4.94. The van der Waals surface area contributed by atoms with Gasteiger partial charge in [-0.05, 0) is 29.8 Å². The number of aromatic nitrogens is 1. The van der Waals surface area contributed by atoms with Gasteiger partial charge in [0.15, 0.2) is 0 Å². The van der Waals surface area contributed by atoms with E-state index < -0.39 is 0 Å². The largest absolute Gasteiger partial charge is 0.399 e. The molecule has 1 aliphatic rings. The molecule has 1 amide bonds. The van der Waals surface area contributed by atoms with Crippen LogP contribution in [0.2, 0.25) is 0 Å². The number of carbonyl (C=O) groups is 1. The van der Waals surface area contributed by atoms with Crippen molar-refractivity contribution in [1.82, 2.24) is 9.99 Å². The molecule has 1 atom stereocenters. The first-order valence-electron chi connectivity index (χ1n) is 6.85. The van der Waals surface area contributed by atoms with E-state index in [1.54, 1.807) is 24.5 Å². The Labute approximate surface area is 123 Å². The van der Waals surface area contributed by atoms with Crippen LogP contribution in [0.1, 0.15) is 17.2 Å². The molecule has 5 nitrogen and oxygen atoms in total. The molecule has 0 aliphatic carbocycles. The van der Waals surface area contributed by atoms with Crippen molar-refractivity contribution in [3.05, 3.63) is 59.9 Å². The van der Waals surface area contributed by atoms with E-state index in [0.29, 0.717) is 18.7 Å². The van der Waals surface area contributed by atoms with Gasteiger partial charge in [-0.25, -0.2) is 5.01 Å². The van der Waals surface area contributed by atoms with Gasteiger partial charge in [0.25, 0.3) is 5.91 Å². The van der Waals surface area contributed by atoms with Gasteiger partial charge in [-0.1, -0.05) is 18.2 Å². The number of amides is 1. The van der Waals surface area contributed by atoms with Gasteiger partial charge in [0.2, 0.25) is 0 Å². The molecular formula is C16H16N4O. The third-order valence-electron chi connectivity index (χ3n) is 3.48. The number of hydrogen-bond acceptors (Lipinski definition) is 4. The van der Waals surface area contributed by atoms with Crippen molar-refractivity contribution in [2.24, 2.45) is 5.10 Å². The number of anilines is 1. The van der Waals surface area contributed by atoms with Crippen molar-refractivity contribution in [1.29, 1.82) is 0 Å². The zero-order valence-corrected chi connectivity index (χ0v) is 11.5. The predicted octanol–water partition coefficient (Wildman–Crippen LogP) is 1.82. The second-order valence-corrected chi connectivity index (χ2v) is 4.94. The summed E-state index contributed by atoms with van der Waals surface area (Å²) in [5, 5.41) is 5.72. The Morgan fingerprint density at radius 1 is 1.14 bits per heavy atom. The number of pyridine rings is 1. The number of hydrogen-bond donors (Lipinski definition) is 1. The maximum atomic E-state index is 12.4. The van der Waals surface area contributed by atoms with Gasteiger partial charge < -0.3 is 5.73 Å². The van der Waals surface area contributed by atoms with E-state index in [-0.39, 0.29) is 11.8 Å². The molecule has 2 heterocycles. The molecule has 0 spiro atoms. The first-order valence-corrected chi connectivity index (χ1v) is 6.85. The monoisotopic (exact) mass is 280 g/mol. The minimum Gasteiger partial charge on any atom is -0.399 e. The molecule has 0 saturated carbocycles. The summed E-state index contributed by atoms with van der Waals surface area (Å²) in [5.74, 6) is -0.315. The minimum atomic E-state index is -0.311. The number of rotatable bonds is 4. The SMILES string of the molecule is Nc1ccc([C@@H]2C=NN(CCc3ccccn3)C2=O)cc1. The fraction of sp³-hybridized carbons (Fsp3) is 0.188. The van der Waals surface area contributed by atoms with E-state index in [2.05, 4.69) is 10.1 Å². The van der Waals surface area contributed by atoms with Gasteiger partial charge in [0.1, 0.15) is 5.92 Å². The third-order valence-corrected chi connectivity index (χ3v) is 3.48. The van der Waals surface area contributed by atoms with E-state index in [1.807, 2.05) is 30.3 Å². The zero-order chi connectivity index (χ0) is 14.7. The molecule has 21 heavy (non-hydrogen) atoms. The third kappa shape index (κ3) is 2.91. The number of hydrazone groups is 1. The van der Waals surface area contributed by atoms with Crippen LogP contribution >= 0.6 is 0 Å². The summed E-state index contributed by atoms with van der Waals surface area (Å²) in [7, 11) is 0. The fourth-order valence-electron chi connectivity index (χ4n) is 2.29. The second kappa shape index (κ2) is 5.75. The van der Waals surface area contributed by atoms with Crippen LogP contribution in [0.25, 0.3) is 0 Å². The number of nitrogens with two attached hydrogens (primary N) is 1. The lowest BCUT2D eigenvalue weighted by Crippen LogP contribution is -2.27. The molecular weight excluding hydrogens is 264 g/mol. The first kappa shape index (κ1) is 13.3. The van der Waals surface area contributed by atoms with Crippen LogP contribution in [-0.2, 0) is 11.2 Å². The van der Waals surface area contributed by atoms with Crippen LogP contribution in [0.15, 0.2) is 53.8 Å². The normalized spacial score (nSPS) is 17.4. The highest BCUT2D eigenvalue weighted by Gasteiger charge is 2.29. The van der Waals surface area contributed by atoms with Crippen molar-refractivity contribution in [2.45, 2.75) is 12.3 Å². The summed E-state index contributed by atoms with van der Waals surface area (Å²) in [4.78, 5) is 16.6. The van der Waals surface area contributed by atoms with E-state index in [9.17, 15) is 4.79 Å². The Morgan fingerprint density at radius 3 is 2.67 bits per heavy atom. The molecule has 1 aromatic heterocycles. The topological polar surface area (TPSA) is 71.6 Å². The summed E-state index contributed by atoms with van der Waals surface area (Å²) in [6.45, 7) is 0.540. The molecule has 1 aromatic carbocycles. The molecule has 0 saturated heterocycles. The van der Waals surface area contributed by atoms with Gasteiger partial charge >= 0.3 is 0 Å². The quantitative estimate of drug-likeness (QED) is 0.868. The molecule has 1 aliphatic heterocycles. The molecule has 0 fully saturated rings. The van der Waals surface area contributed by atoms with Crippen molar-refractivity contribution in [3.8, 4) is 0 Å². The molecule has 3 rings (SSSR count). The number of nitrogen functional groups attached to an aromatic ring is 1. The maximum Gasteiger partial charge on any atom is 0.255 e. The van der Waals surface area contributed by atoms with E-state index in [1.165, 1.54) is 5.01 Å². The Balaban J connectivity index is 1.64. The van der Waals surface area contributed by atoms with E-state index in [4.69, 9.17) is 5.73 Å². The highest BCUT2D eigenvalue weighted by molar-refractivity contribution is 6.02. The van der Waals surface area contributed by atoms with Crippen LogP contribution in [0.4, 0.5) is 5.69 Å². The Hall–Kier alpha value is -2.69. The van der Waals surface area contributed by atoms with Gasteiger partial charge in [-0.2, -0.15) is 5.10 Å². The highest BCUT2D eigenvalue weighted by Crippen LogP contribution is 2.23. The molecule has 5 heteroatoms. The lowest BCUT2D eigenvalue weighted by molar-refractivity contribution is -0.129. The number of carbonyl (C=O) groups excluding carboxylic acids is 1. The molecule has 2 N–H and O–H groups in total. The average molecular weight is 280 g/mol. The summed E-state index contributed by atoms with van der Waals surface area (Å²) in [6.07, 6.45) is 4.13. The van der Waals surface area contributed by atoms with Crippen LogP contribution < -0.4 is 5.73 Å². The van der Waals surface area contributed by atoms with Crippen LogP contribution in [-0.4, -0.2) is 28.7 Å². The lowest BCUT2D eigenvalue weighted by atomic mass is 10.00. The zero-order valence-electron chi connectivity index (χ0n) is 11.5. The number of benzene rings is 1. The summed E-state index contributed by atoms with van der Waals surface area (Å²) in [5.41, 5.74) is 8.22. The summed E-state index contributed by atoms with van der Waals surface area (Å²) >= 11 is 0. The minimum absolute atomic E-state index is 0.00398. The average Bonchev–Trinajstić information content (AvgIpc) is 2.88. The Morgan fingerprint density at radius 2 is 1.95 bits per heavy atom.